The van der Waals surface area contributed by atoms with Gasteiger partial charge in [0.05, 0.1) is 24.6 Å². The normalized spacial score (nSPS) is 34.3. The first kappa shape index (κ1) is 17.7. The summed E-state index contributed by atoms with van der Waals surface area (Å²) in [6, 6.07) is 4.95. The summed E-state index contributed by atoms with van der Waals surface area (Å²) in [6.45, 7) is 0.105. The lowest BCUT2D eigenvalue weighted by molar-refractivity contribution is -0.140. The molecule has 1 aromatic carbocycles. The number of halogens is 1. The second-order valence-corrected chi connectivity index (χ2v) is 8.56. The number of imide groups is 1. The van der Waals surface area contributed by atoms with Crippen LogP contribution in [0.1, 0.15) is 12.8 Å². The monoisotopic (exact) mass is 400 g/mol. The standard InChI is InChI=1S/C21H21ClN2O4/c1-28-16-5-2-10(22)8-15(16)23-17(25)6-7-24-20(26)18-11-3-4-12(14-9-13(11)14)19(18)21(24)27/h2-5,8,11-14,18-19H,6-7,9H2,1H3,(H,23,25)/t11-,12+,13+,14-,18+,19-. The molecule has 6 nitrogen and oxygen atoms in total. The van der Waals surface area contributed by atoms with E-state index in [9.17, 15) is 14.4 Å². The number of allylic oxidation sites excluding steroid dienone is 2. The van der Waals surface area contributed by atoms with Gasteiger partial charge < -0.3 is 10.1 Å². The van der Waals surface area contributed by atoms with Gasteiger partial charge in [0.1, 0.15) is 5.75 Å². The summed E-state index contributed by atoms with van der Waals surface area (Å²) in [5.74, 6) is 1.11. The van der Waals surface area contributed by atoms with E-state index in [1.54, 1.807) is 18.2 Å². The predicted molar refractivity (Wildman–Crippen MR) is 103 cm³/mol. The van der Waals surface area contributed by atoms with Crippen molar-refractivity contribution in [2.75, 3.05) is 19.0 Å². The van der Waals surface area contributed by atoms with Crippen LogP contribution in [0, 0.1) is 35.5 Å². The number of anilines is 1. The molecule has 0 radical (unpaired) electrons. The van der Waals surface area contributed by atoms with Gasteiger partial charge >= 0.3 is 0 Å². The van der Waals surface area contributed by atoms with Crippen molar-refractivity contribution in [3.63, 3.8) is 0 Å². The Labute approximate surface area is 167 Å². The maximum absolute atomic E-state index is 12.9. The maximum Gasteiger partial charge on any atom is 0.233 e. The molecule has 1 heterocycles. The lowest BCUT2D eigenvalue weighted by atomic mass is 9.63. The van der Waals surface area contributed by atoms with Crippen molar-refractivity contribution < 1.29 is 19.1 Å². The quantitative estimate of drug-likeness (QED) is 0.609. The Hall–Kier alpha value is -2.34. The molecule has 0 aromatic heterocycles. The molecule has 1 N–H and O–H groups in total. The van der Waals surface area contributed by atoms with E-state index in [0.29, 0.717) is 28.3 Å². The molecule has 0 unspecified atom stereocenters. The van der Waals surface area contributed by atoms with Crippen LogP contribution in [-0.4, -0.2) is 36.3 Å². The summed E-state index contributed by atoms with van der Waals surface area (Å²) in [5, 5.41) is 3.23. The lowest BCUT2D eigenvalue weighted by Gasteiger charge is -2.37. The number of carbonyl (C=O) groups is 3. The van der Waals surface area contributed by atoms with Crippen LogP contribution in [0.2, 0.25) is 5.02 Å². The van der Waals surface area contributed by atoms with Crippen molar-refractivity contribution in [2.45, 2.75) is 12.8 Å². The number of nitrogens with one attached hydrogen (secondary N) is 1. The van der Waals surface area contributed by atoms with Crippen LogP contribution < -0.4 is 10.1 Å². The number of rotatable bonds is 5. The van der Waals surface area contributed by atoms with Gasteiger partial charge in [0.15, 0.2) is 0 Å². The Kier molecular flexibility index (Phi) is 4.02. The molecule has 0 spiro atoms. The summed E-state index contributed by atoms with van der Waals surface area (Å²) in [6.07, 6.45) is 5.47. The number of amides is 3. The average Bonchev–Trinajstić information content (AvgIpc) is 3.46. The fourth-order valence-corrected chi connectivity index (χ4v) is 5.62. The molecule has 2 bridgehead atoms. The Balaban J connectivity index is 1.25. The van der Waals surface area contributed by atoms with Crippen LogP contribution in [0.5, 0.6) is 5.75 Å². The SMILES string of the molecule is COc1ccc(Cl)cc1NC(=O)CCN1C(=O)[C@@H]2[C@H]3C=C[C@H]([C@@H]4C[C@H]34)[C@@H]2C1=O. The van der Waals surface area contributed by atoms with Crippen LogP contribution in [0.25, 0.3) is 0 Å². The second kappa shape index (κ2) is 6.34. The lowest BCUT2D eigenvalue weighted by Crippen LogP contribution is -2.40. The number of hydrogen-bond acceptors (Lipinski definition) is 4. The second-order valence-electron chi connectivity index (χ2n) is 8.13. The zero-order valence-electron chi connectivity index (χ0n) is 15.4. The number of ether oxygens (including phenoxy) is 1. The molecule has 1 aromatic rings. The smallest absolute Gasteiger partial charge is 0.233 e. The highest BCUT2D eigenvalue weighted by atomic mass is 35.5. The summed E-state index contributed by atoms with van der Waals surface area (Å²) >= 11 is 5.98. The largest absolute Gasteiger partial charge is 0.495 e. The first-order chi connectivity index (χ1) is 13.5. The first-order valence-corrected chi connectivity index (χ1v) is 10.0. The van der Waals surface area contributed by atoms with Crippen molar-refractivity contribution >= 4 is 35.0 Å². The summed E-state index contributed by atoms with van der Waals surface area (Å²) in [5.41, 5.74) is 0.468. The van der Waals surface area contributed by atoms with Gasteiger partial charge in [-0.05, 0) is 48.3 Å². The van der Waals surface area contributed by atoms with E-state index >= 15 is 0 Å². The molecule has 4 aliphatic carbocycles. The summed E-state index contributed by atoms with van der Waals surface area (Å²) in [4.78, 5) is 39.6. The van der Waals surface area contributed by atoms with Crippen LogP contribution in [-0.2, 0) is 14.4 Å². The minimum absolute atomic E-state index is 0.0439. The van der Waals surface area contributed by atoms with Crippen LogP contribution >= 0.6 is 11.6 Å². The van der Waals surface area contributed by atoms with E-state index in [1.165, 1.54) is 12.0 Å². The number of methoxy groups -OCH3 is 1. The number of nitrogens with zero attached hydrogens (tertiary/aromatic N) is 1. The minimum Gasteiger partial charge on any atom is -0.495 e. The highest BCUT2D eigenvalue weighted by Crippen LogP contribution is 2.65. The number of carbonyl (C=O) groups excluding carboxylic acids is 3. The molecule has 7 heteroatoms. The zero-order chi connectivity index (χ0) is 19.6. The van der Waals surface area contributed by atoms with Gasteiger partial charge in [0.25, 0.3) is 0 Å². The molecule has 2 saturated carbocycles. The Morgan fingerprint density at radius 2 is 1.82 bits per heavy atom. The molecule has 1 aliphatic heterocycles. The van der Waals surface area contributed by atoms with Crippen LogP contribution in [0.4, 0.5) is 5.69 Å². The molecule has 3 fully saturated rings. The maximum atomic E-state index is 12.9. The third kappa shape index (κ3) is 2.58. The molecular formula is C21H21ClN2O4. The Morgan fingerprint density at radius 1 is 1.18 bits per heavy atom. The molecule has 3 amide bonds. The first-order valence-electron chi connectivity index (χ1n) is 9.66. The van der Waals surface area contributed by atoms with Gasteiger partial charge in [0.2, 0.25) is 17.7 Å². The van der Waals surface area contributed by atoms with Crippen molar-refractivity contribution in [2.24, 2.45) is 35.5 Å². The van der Waals surface area contributed by atoms with Gasteiger partial charge in [-0.2, -0.15) is 0 Å². The molecular weight excluding hydrogens is 380 g/mol. The molecule has 146 valence electrons. The van der Waals surface area contributed by atoms with Crippen LogP contribution in [0.15, 0.2) is 30.4 Å². The summed E-state index contributed by atoms with van der Waals surface area (Å²) < 4.78 is 5.22. The Bertz CT molecular complexity index is 878. The fraction of sp³-hybridized carbons (Fsp3) is 0.476. The van der Waals surface area contributed by atoms with Crippen molar-refractivity contribution in [3.05, 3.63) is 35.4 Å². The van der Waals surface area contributed by atoms with Crippen LogP contribution in [0.3, 0.4) is 0 Å². The highest BCUT2D eigenvalue weighted by Gasteiger charge is 2.66. The fourth-order valence-electron chi connectivity index (χ4n) is 5.44. The van der Waals surface area contributed by atoms with E-state index in [0.717, 1.165) is 6.42 Å². The number of likely N-dealkylation sites (tertiary alicyclic amines) is 1. The van der Waals surface area contributed by atoms with Crippen molar-refractivity contribution in [1.29, 1.82) is 0 Å². The third-order valence-corrected chi connectivity index (χ3v) is 6.99. The van der Waals surface area contributed by atoms with Gasteiger partial charge in [-0.25, -0.2) is 0 Å². The number of benzene rings is 1. The van der Waals surface area contributed by atoms with E-state index in [2.05, 4.69) is 17.5 Å². The summed E-state index contributed by atoms with van der Waals surface area (Å²) in [7, 11) is 1.51. The van der Waals surface area contributed by atoms with Gasteiger partial charge in [-0.15, -0.1) is 0 Å². The molecule has 6 rings (SSSR count). The minimum atomic E-state index is -0.292. The topological polar surface area (TPSA) is 75.7 Å². The third-order valence-electron chi connectivity index (χ3n) is 6.75. The Morgan fingerprint density at radius 3 is 2.43 bits per heavy atom. The van der Waals surface area contributed by atoms with E-state index in [-0.39, 0.29) is 54.4 Å². The highest BCUT2D eigenvalue weighted by molar-refractivity contribution is 6.31. The molecule has 28 heavy (non-hydrogen) atoms. The zero-order valence-corrected chi connectivity index (χ0v) is 16.2. The number of hydrogen-bond donors (Lipinski definition) is 1. The van der Waals surface area contributed by atoms with Gasteiger partial charge in [-0.1, -0.05) is 23.8 Å². The van der Waals surface area contributed by atoms with E-state index in [1.807, 2.05) is 0 Å². The average molecular weight is 401 g/mol. The molecule has 6 atom stereocenters. The van der Waals surface area contributed by atoms with E-state index < -0.39 is 0 Å². The predicted octanol–water partition coefficient (Wildman–Crippen LogP) is 2.73. The van der Waals surface area contributed by atoms with Gasteiger partial charge in [0, 0.05) is 18.0 Å². The van der Waals surface area contributed by atoms with Gasteiger partial charge in [-0.3, -0.25) is 19.3 Å². The van der Waals surface area contributed by atoms with E-state index in [4.69, 9.17) is 16.3 Å². The van der Waals surface area contributed by atoms with Crippen molar-refractivity contribution in [1.82, 2.24) is 4.90 Å². The van der Waals surface area contributed by atoms with Crippen molar-refractivity contribution in [3.8, 4) is 5.75 Å². The molecule has 5 aliphatic rings. The molecule has 1 saturated heterocycles.